The van der Waals surface area contributed by atoms with Gasteiger partial charge in [-0.2, -0.15) is 0 Å². The van der Waals surface area contributed by atoms with Crippen molar-refractivity contribution in [2.75, 3.05) is 0 Å². The van der Waals surface area contributed by atoms with Crippen LogP contribution >= 0.6 is 0 Å². The van der Waals surface area contributed by atoms with Gasteiger partial charge in [0.2, 0.25) is 11.8 Å². The molecule has 5 rings (SSSR count). The number of allylic oxidation sites excluding steroid dienone is 2. The molecule has 1 fully saturated rings. The quantitative estimate of drug-likeness (QED) is 0.492. The zero-order valence-corrected chi connectivity index (χ0v) is 15.8. The van der Waals surface area contributed by atoms with Gasteiger partial charge in [-0.05, 0) is 17.2 Å². The number of rotatable bonds is 4. The average molecular weight is 383 g/mol. The molecule has 1 saturated heterocycles. The Hall–Kier alpha value is -3.40. The third-order valence-electron chi connectivity index (χ3n) is 6.08. The zero-order valence-electron chi connectivity index (χ0n) is 15.8. The molecule has 0 radical (unpaired) electrons. The molecule has 0 saturated carbocycles. The predicted octanol–water partition coefficient (Wildman–Crippen LogP) is 4.52. The number of carbonyl (C=O) groups is 2. The van der Waals surface area contributed by atoms with Crippen molar-refractivity contribution in [1.29, 1.82) is 0 Å². The molecule has 144 valence electrons. The third-order valence-corrected chi connectivity index (χ3v) is 6.08. The number of benzene rings is 2. The van der Waals surface area contributed by atoms with E-state index in [0.29, 0.717) is 0 Å². The van der Waals surface area contributed by atoms with E-state index in [2.05, 4.69) is 12.2 Å². The summed E-state index contributed by atoms with van der Waals surface area (Å²) in [5.41, 5.74) is 2.96. The van der Waals surface area contributed by atoms with Crippen LogP contribution in [0, 0.1) is 11.8 Å². The predicted molar refractivity (Wildman–Crippen MR) is 109 cm³/mol. The van der Waals surface area contributed by atoms with Crippen LogP contribution in [0.3, 0.4) is 0 Å². The Labute approximate surface area is 169 Å². The summed E-state index contributed by atoms with van der Waals surface area (Å²) < 4.78 is 5.13. The van der Waals surface area contributed by atoms with Crippen molar-refractivity contribution in [3.05, 3.63) is 108 Å². The molecule has 3 aromatic rings. The fourth-order valence-electron chi connectivity index (χ4n) is 4.72. The van der Waals surface area contributed by atoms with Crippen LogP contribution in [-0.4, -0.2) is 16.7 Å². The molecule has 0 bridgehead atoms. The van der Waals surface area contributed by atoms with Gasteiger partial charge in [-0.25, -0.2) is 0 Å². The third kappa shape index (κ3) is 3.01. The van der Waals surface area contributed by atoms with Gasteiger partial charge < -0.3 is 4.42 Å². The Morgan fingerprint density at radius 2 is 1.24 bits per heavy atom. The molecule has 1 aliphatic heterocycles. The largest absolute Gasteiger partial charge is 0.472 e. The summed E-state index contributed by atoms with van der Waals surface area (Å²) in [6.07, 6.45) is 7.38. The van der Waals surface area contributed by atoms with Crippen LogP contribution < -0.4 is 0 Å². The molecule has 0 spiro atoms. The van der Waals surface area contributed by atoms with E-state index >= 15 is 0 Å². The number of likely N-dealkylation sites (tertiary alicyclic amines) is 1. The Kier molecular flexibility index (Phi) is 4.39. The molecule has 2 aliphatic rings. The van der Waals surface area contributed by atoms with E-state index in [1.807, 2.05) is 60.7 Å². The van der Waals surface area contributed by atoms with Crippen LogP contribution in [-0.2, 0) is 16.1 Å². The number of amides is 2. The highest BCUT2D eigenvalue weighted by Crippen LogP contribution is 2.49. The maximum absolute atomic E-state index is 13.5. The van der Waals surface area contributed by atoms with E-state index in [-0.39, 0.29) is 30.2 Å². The highest BCUT2D eigenvalue weighted by Gasteiger charge is 2.54. The van der Waals surface area contributed by atoms with Gasteiger partial charge >= 0.3 is 0 Å². The molecule has 0 N–H and O–H groups in total. The number of fused-ring (bicyclic) bond motifs is 1. The second-order valence-electron chi connectivity index (χ2n) is 7.70. The second kappa shape index (κ2) is 7.21. The lowest BCUT2D eigenvalue weighted by Crippen LogP contribution is -2.31. The molecule has 4 atom stereocenters. The van der Waals surface area contributed by atoms with Crippen LogP contribution in [0.25, 0.3) is 0 Å². The second-order valence-corrected chi connectivity index (χ2v) is 7.70. The molecule has 4 unspecified atom stereocenters. The van der Waals surface area contributed by atoms with Crippen molar-refractivity contribution < 1.29 is 14.0 Å². The maximum atomic E-state index is 13.5. The van der Waals surface area contributed by atoms with Crippen molar-refractivity contribution in [2.24, 2.45) is 11.8 Å². The lowest BCUT2D eigenvalue weighted by atomic mass is 9.68. The molecule has 2 aromatic carbocycles. The number of hydrogen-bond donors (Lipinski definition) is 0. The van der Waals surface area contributed by atoms with Gasteiger partial charge in [-0.15, -0.1) is 0 Å². The van der Waals surface area contributed by atoms with Crippen LogP contribution in [0.4, 0.5) is 0 Å². The monoisotopic (exact) mass is 383 g/mol. The number of furan rings is 1. The Morgan fingerprint density at radius 3 is 1.69 bits per heavy atom. The van der Waals surface area contributed by atoms with Crippen LogP contribution in [0.15, 0.2) is 95.8 Å². The standard InChI is InChI=1S/C25H21NO3/c27-24-22-20(18-7-3-1-4-8-18)11-12-21(19-9-5-2-6-10-19)23(22)25(28)26(24)15-17-13-14-29-16-17/h1-14,16,20-23H,15H2. The summed E-state index contributed by atoms with van der Waals surface area (Å²) in [7, 11) is 0. The molecule has 1 aromatic heterocycles. The first-order valence-corrected chi connectivity index (χ1v) is 9.88. The first-order chi connectivity index (χ1) is 14.2. The molecule has 4 nitrogen and oxygen atoms in total. The van der Waals surface area contributed by atoms with Gasteiger partial charge in [-0.3, -0.25) is 14.5 Å². The van der Waals surface area contributed by atoms with Gasteiger partial charge in [0.25, 0.3) is 0 Å². The van der Waals surface area contributed by atoms with E-state index < -0.39 is 11.8 Å². The van der Waals surface area contributed by atoms with E-state index in [4.69, 9.17) is 4.42 Å². The smallest absolute Gasteiger partial charge is 0.234 e. The van der Waals surface area contributed by atoms with Crippen molar-refractivity contribution in [1.82, 2.24) is 4.90 Å². The molecule has 2 heterocycles. The summed E-state index contributed by atoms with van der Waals surface area (Å²) in [4.78, 5) is 28.4. The van der Waals surface area contributed by atoms with Crippen LogP contribution in [0.1, 0.15) is 28.5 Å². The van der Waals surface area contributed by atoms with Gasteiger partial charge in [-0.1, -0.05) is 72.8 Å². The van der Waals surface area contributed by atoms with Crippen molar-refractivity contribution in [2.45, 2.75) is 18.4 Å². The summed E-state index contributed by atoms with van der Waals surface area (Å²) in [6, 6.07) is 21.8. The topological polar surface area (TPSA) is 50.5 Å². The van der Waals surface area contributed by atoms with Gasteiger partial charge in [0.05, 0.1) is 30.9 Å². The van der Waals surface area contributed by atoms with Crippen molar-refractivity contribution >= 4 is 11.8 Å². The van der Waals surface area contributed by atoms with Gasteiger partial charge in [0.1, 0.15) is 0 Å². The average Bonchev–Trinajstić information content (AvgIpc) is 3.38. The van der Waals surface area contributed by atoms with E-state index in [1.54, 1.807) is 18.6 Å². The lowest BCUT2D eigenvalue weighted by Gasteiger charge is -2.32. The SMILES string of the molecule is O=C1C2C(c3ccccc3)C=CC(c3ccccc3)C2C(=O)N1Cc1ccoc1. The van der Waals surface area contributed by atoms with E-state index in [9.17, 15) is 9.59 Å². The van der Waals surface area contributed by atoms with Gasteiger partial charge in [0, 0.05) is 17.4 Å². The molecular formula is C25H21NO3. The molecule has 2 amide bonds. The lowest BCUT2D eigenvalue weighted by molar-refractivity contribution is -0.140. The number of hydrogen-bond acceptors (Lipinski definition) is 3. The minimum Gasteiger partial charge on any atom is -0.472 e. The summed E-state index contributed by atoms with van der Waals surface area (Å²) in [5.74, 6) is -1.20. The highest BCUT2D eigenvalue weighted by atomic mass is 16.3. The summed E-state index contributed by atoms with van der Waals surface area (Å²) in [5, 5.41) is 0. The Bertz CT molecular complexity index is 973. The summed E-state index contributed by atoms with van der Waals surface area (Å²) in [6.45, 7) is 0.254. The van der Waals surface area contributed by atoms with Crippen LogP contribution in [0.5, 0.6) is 0 Å². The minimum absolute atomic E-state index is 0.0969. The van der Waals surface area contributed by atoms with E-state index in [1.165, 1.54) is 4.90 Å². The zero-order chi connectivity index (χ0) is 19.8. The fraction of sp³-hybridized carbons (Fsp3) is 0.200. The highest BCUT2D eigenvalue weighted by molar-refractivity contribution is 6.06. The molecule has 29 heavy (non-hydrogen) atoms. The number of nitrogens with zero attached hydrogens (tertiary/aromatic N) is 1. The first-order valence-electron chi connectivity index (χ1n) is 9.88. The van der Waals surface area contributed by atoms with E-state index in [0.717, 1.165) is 16.7 Å². The first kappa shape index (κ1) is 17.7. The Balaban J connectivity index is 1.57. The molecular weight excluding hydrogens is 362 g/mol. The van der Waals surface area contributed by atoms with Crippen molar-refractivity contribution in [3.63, 3.8) is 0 Å². The number of imide groups is 1. The maximum Gasteiger partial charge on any atom is 0.234 e. The molecule has 4 heteroatoms. The van der Waals surface area contributed by atoms with Crippen molar-refractivity contribution in [3.8, 4) is 0 Å². The minimum atomic E-state index is -0.396. The van der Waals surface area contributed by atoms with Crippen LogP contribution in [0.2, 0.25) is 0 Å². The molecule has 1 aliphatic carbocycles. The Morgan fingerprint density at radius 1 is 0.724 bits per heavy atom. The van der Waals surface area contributed by atoms with Gasteiger partial charge in [0.15, 0.2) is 0 Å². The normalized spacial score (nSPS) is 26.0. The fourth-order valence-corrected chi connectivity index (χ4v) is 4.72. The number of carbonyl (C=O) groups excluding carboxylic acids is 2. The summed E-state index contributed by atoms with van der Waals surface area (Å²) >= 11 is 0.